The van der Waals surface area contributed by atoms with Gasteiger partial charge < -0.3 is 10.1 Å². The smallest absolute Gasteiger partial charge is 0.240 e. The molecule has 0 atom stereocenters. The molecular weight excluding hydrogens is 276 g/mol. The van der Waals surface area contributed by atoms with Crippen LogP contribution in [0.3, 0.4) is 0 Å². The fourth-order valence-electron chi connectivity index (χ4n) is 1.29. The minimum absolute atomic E-state index is 0. The summed E-state index contributed by atoms with van der Waals surface area (Å²) in [7, 11) is -1.87. The van der Waals surface area contributed by atoms with Gasteiger partial charge in [-0.3, -0.25) is 0 Å². The van der Waals surface area contributed by atoms with Crippen LogP contribution in [0.15, 0.2) is 29.2 Å². The van der Waals surface area contributed by atoms with E-state index in [0.717, 1.165) is 6.54 Å². The zero-order valence-corrected chi connectivity index (χ0v) is 12.1. The van der Waals surface area contributed by atoms with Gasteiger partial charge >= 0.3 is 0 Å². The van der Waals surface area contributed by atoms with Crippen molar-refractivity contribution < 1.29 is 13.2 Å². The number of hydrogen-bond acceptors (Lipinski definition) is 4. The molecule has 0 unspecified atom stereocenters. The maximum Gasteiger partial charge on any atom is 0.240 e. The number of rotatable bonds is 7. The molecule has 18 heavy (non-hydrogen) atoms. The SMILES string of the molecule is CCNCCNS(=O)(=O)c1ccc(OC)cc1.Cl. The van der Waals surface area contributed by atoms with Crippen LogP contribution in [0.4, 0.5) is 0 Å². The molecule has 0 aliphatic carbocycles. The van der Waals surface area contributed by atoms with Gasteiger partial charge in [0.2, 0.25) is 10.0 Å². The van der Waals surface area contributed by atoms with Crippen LogP contribution in [0, 0.1) is 0 Å². The van der Waals surface area contributed by atoms with Gasteiger partial charge in [0.25, 0.3) is 0 Å². The fraction of sp³-hybridized carbons (Fsp3) is 0.455. The summed E-state index contributed by atoms with van der Waals surface area (Å²) < 4.78 is 31.1. The van der Waals surface area contributed by atoms with Gasteiger partial charge in [-0.2, -0.15) is 0 Å². The van der Waals surface area contributed by atoms with E-state index in [0.29, 0.717) is 18.8 Å². The molecule has 1 aromatic rings. The highest BCUT2D eigenvalue weighted by molar-refractivity contribution is 7.89. The second-order valence-corrected chi connectivity index (χ2v) is 5.19. The van der Waals surface area contributed by atoms with Crippen molar-refractivity contribution in [3.8, 4) is 5.75 Å². The summed E-state index contributed by atoms with van der Waals surface area (Å²) in [6, 6.07) is 6.29. The van der Waals surface area contributed by atoms with Gasteiger partial charge in [0.15, 0.2) is 0 Å². The molecule has 1 aromatic carbocycles. The van der Waals surface area contributed by atoms with Gasteiger partial charge in [-0.1, -0.05) is 6.92 Å². The third-order valence-corrected chi connectivity index (χ3v) is 3.69. The molecule has 0 amide bonds. The molecule has 5 nitrogen and oxygen atoms in total. The van der Waals surface area contributed by atoms with Crippen LogP contribution < -0.4 is 14.8 Å². The van der Waals surface area contributed by atoms with Crippen LogP contribution in [0.25, 0.3) is 0 Å². The summed E-state index contributed by atoms with van der Waals surface area (Å²) in [5.74, 6) is 0.636. The van der Waals surface area contributed by atoms with E-state index >= 15 is 0 Å². The summed E-state index contributed by atoms with van der Waals surface area (Å²) in [5, 5.41) is 3.04. The van der Waals surface area contributed by atoms with E-state index in [1.165, 1.54) is 19.2 Å². The van der Waals surface area contributed by atoms with Crippen LogP contribution in [-0.2, 0) is 10.0 Å². The first-order valence-corrected chi connectivity index (χ1v) is 6.93. The Balaban J connectivity index is 0.00000289. The van der Waals surface area contributed by atoms with Crippen molar-refractivity contribution in [1.29, 1.82) is 0 Å². The standard InChI is InChI=1S/C11H18N2O3S.ClH/c1-3-12-8-9-13-17(14,15)11-6-4-10(16-2)5-7-11;/h4-7,12-13H,3,8-9H2,1-2H3;1H. The number of likely N-dealkylation sites (N-methyl/N-ethyl adjacent to an activating group) is 1. The van der Waals surface area contributed by atoms with Gasteiger partial charge in [0, 0.05) is 13.1 Å². The van der Waals surface area contributed by atoms with Crippen molar-refractivity contribution in [2.24, 2.45) is 0 Å². The van der Waals surface area contributed by atoms with Gasteiger partial charge in [-0.15, -0.1) is 12.4 Å². The largest absolute Gasteiger partial charge is 0.497 e. The van der Waals surface area contributed by atoms with Crippen molar-refractivity contribution in [3.63, 3.8) is 0 Å². The molecule has 0 saturated heterocycles. The van der Waals surface area contributed by atoms with Gasteiger partial charge in [-0.25, -0.2) is 13.1 Å². The maximum atomic E-state index is 11.8. The molecule has 104 valence electrons. The average Bonchev–Trinajstić information content (AvgIpc) is 2.35. The van der Waals surface area contributed by atoms with Crippen molar-refractivity contribution >= 4 is 22.4 Å². The number of methoxy groups -OCH3 is 1. The molecule has 0 aromatic heterocycles. The molecule has 0 heterocycles. The molecule has 0 radical (unpaired) electrons. The van der Waals surface area contributed by atoms with Crippen molar-refractivity contribution in [3.05, 3.63) is 24.3 Å². The monoisotopic (exact) mass is 294 g/mol. The summed E-state index contributed by atoms with van der Waals surface area (Å²) in [6.07, 6.45) is 0. The first-order valence-electron chi connectivity index (χ1n) is 5.44. The molecule has 1 rings (SSSR count). The second kappa shape index (κ2) is 8.31. The first kappa shape index (κ1) is 17.2. The lowest BCUT2D eigenvalue weighted by atomic mass is 10.3. The topological polar surface area (TPSA) is 67.4 Å². The minimum Gasteiger partial charge on any atom is -0.497 e. The Labute approximate surface area is 114 Å². The molecule has 0 fully saturated rings. The lowest BCUT2D eigenvalue weighted by Gasteiger charge is -2.07. The Morgan fingerprint density at radius 1 is 1.17 bits per heavy atom. The normalized spacial score (nSPS) is 10.8. The Kier molecular flexibility index (Phi) is 7.93. The van der Waals surface area contributed by atoms with Crippen LogP contribution in [0.2, 0.25) is 0 Å². The first-order chi connectivity index (χ1) is 8.10. The highest BCUT2D eigenvalue weighted by atomic mass is 35.5. The van der Waals surface area contributed by atoms with E-state index in [2.05, 4.69) is 10.0 Å². The highest BCUT2D eigenvalue weighted by Crippen LogP contribution is 2.14. The number of ether oxygens (including phenoxy) is 1. The van der Waals surface area contributed by atoms with Gasteiger partial charge in [0.05, 0.1) is 12.0 Å². The Hall–Kier alpha value is -0.820. The zero-order valence-electron chi connectivity index (χ0n) is 10.5. The molecule has 0 bridgehead atoms. The summed E-state index contributed by atoms with van der Waals surface area (Å²) in [5.41, 5.74) is 0. The molecule has 0 aliphatic heterocycles. The van der Waals surface area contributed by atoms with Crippen molar-refractivity contribution in [2.45, 2.75) is 11.8 Å². The Bertz CT molecular complexity index is 434. The Morgan fingerprint density at radius 2 is 1.78 bits per heavy atom. The van der Waals surface area contributed by atoms with E-state index in [1.54, 1.807) is 12.1 Å². The van der Waals surface area contributed by atoms with Crippen molar-refractivity contribution in [2.75, 3.05) is 26.7 Å². The molecule has 0 saturated carbocycles. The fourth-order valence-corrected chi connectivity index (χ4v) is 2.32. The molecule has 0 aliphatic rings. The van der Waals surface area contributed by atoms with Crippen LogP contribution in [-0.4, -0.2) is 35.2 Å². The van der Waals surface area contributed by atoms with E-state index < -0.39 is 10.0 Å². The Morgan fingerprint density at radius 3 is 2.28 bits per heavy atom. The van der Waals surface area contributed by atoms with Crippen LogP contribution >= 0.6 is 12.4 Å². The van der Waals surface area contributed by atoms with E-state index in [1.807, 2.05) is 6.92 Å². The summed E-state index contributed by atoms with van der Waals surface area (Å²) in [6.45, 7) is 3.79. The molecular formula is C11H19ClN2O3S. The zero-order chi connectivity index (χ0) is 12.7. The average molecular weight is 295 g/mol. The van der Waals surface area contributed by atoms with Gasteiger partial charge in [-0.05, 0) is 30.8 Å². The third kappa shape index (κ3) is 5.22. The predicted octanol–water partition coefficient (Wildman–Crippen LogP) is 1.00. The molecule has 7 heteroatoms. The number of hydrogen-bond donors (Lipinski definition) is 2. The predicted molar refractivity (Wildman–Crippen MR) is 74.0 cm³/mol. The van der Waals surface area contributed by atoms with E-state index in [4.69, 9.17) is 4.74 Å². The highest BCUT2D eigenvalue weighted by Gasteiger charge is 2.12. The van der Waals surface area contributed by atoms with E-state index in [-0.39, 0.29) is 17.3 Å². The second-order valence-electron chi connectivity index (χ2n) is 3.43. The number of halogens is 1. The molecule has 2 N–H and O–H groups in total. The van der Waals surface area contributed by atoms with Crippen LogP contribution in [0.1, 0.15) is 6.92 Å². The third-order valence-electron chi connectivity index (χ3n) is 2.21. The minimum atomic E-state index is -3.41. The number of benzene rings is 1. The summed E-state index contributed by atoms with van der Waals surface area (Å²) in [4.78, 5) is 0.245. The van der Waals surface area contributed by atoms with Crippen molar-refractivity contribution in [1.82, 2.24) is 10.0 Å². The lowest BCUT2D eigenvalue weighted by molar-refractivity contribution is 0.414. The quantitative estimate of drug-likeness (QED) is 0.737. The van der Waals surface area contributed by atoms with Gasteiger partial charge in [0.1, 0.15) is 5.75 Å². The number of nitrogens with one attached hydrogen (secondary N) is 2. The molecule has 0 spiro atoms. The lowest BCUT2D eigenvalue weighted by Crippen LogP contribution is -2.31. The van der Waals surface area contributed by atoms with E-state index in [9.17, 15) is 8.42 Å². The summed E-state index contributed by atoms with van der Waals surface area (Å²) >= 11 is 0. The maximum absolute atomic E-state index is 11.8. The number of sulfonamides is 1. The van der Waals surface area contributed by atoms with Crippen LogP contribution in [0.5, 0.6) is 5.75 Å².